The zero-order valence-electron chi connectivity index (χ0n) is 6.85. The molecule has 0 bridgehead atoms. The summed E-state index contributed by atoms with van der Waals surface area (Å²) in [6.45, 7) is 5.84. The van der Waals surface area contributed by atoms with Gasteiger partial charge in [0.2, 0.25) is 0 Å². The molecule has 0 aromatic rings. The van der Waals surface area contributed by atoms with Crippen LogP contribution >= 0.6 is 28.3 Å². The molecule has 11 heavy (non-hydrogen) atoms. The quantitative estimate of drug-likeness (QED) is 0.717. The van der Waals surface area contributed by atoms with Crippen molar-refractivity contribution in [1.29, 1.82) is 0 Å². The maximum atomic E-state index is 3.50. The first kappa shape index (κ1) is 11.5. The Balaban J connectivity index is 0.000001000. The van der Waals surface area contributed by atoms with Crippen LogP contribution in [0, 0.1) is 0 Å². The third-order valence-electron chi connectivity index (χ3n) is 1.78. The summed E-state index contributed by atoms with van der Waals surface area (Å²) in [7, 11) is 0. The molecule has 0 fully saturated rings. The van der Waals surface area contributed by atoms with Gasteiger partial charge in [0.05, 0.1) is 0 Å². The highest BCUT2D eigenvalue weighted by molar-refractivity contribution is 9.11. The average molecular weight is 241 g/mol. The number of hydrogen-bond donors (Lipinski definition) is 0. The summed E-state index contributed by atoms with van der Waals surface area (Å²) < 4.78 is 1.37. The Morgan fingerprint density at radius 3 is 2.82 bits per heavy atom. The van der Waals surface area contributed by atoms with Gasteiger partial charge < -0.3 is 0 Å². The fraction of sp³-hybridized carbons (Fsp3) is 0.750. The fourth-order valence-corrected chi connectivity index (χ4v) is 1.53. The lowest BCUT2D eigenvalue weighted by molar-refractivity contribution is 0.298. The van der Waals surface area contributed by atoms with Crippen LogP contribution in [0.1, 0.15) is 19.8 Å². The first-order valence-corrected chi connectivity index (χ1v) is 4.69. The molecule has 1 nitrogen and oxygen atoms in total. The summed E-state index contributed by atoms with van der Waals surface area (Å²) in [5.74, 6) is 0. The van der Waals surface area contributed by atoms with Crippen molar-refractivity contribution in [2.24, 2.45) is 0 Å². The molecular weight excluding hydrogens is 225 g/mol. The van der Waals surface area contributed by atoms with Crippen molar-refractivity contribution in [2.75, 3.05) is 19.6 Å². The summed E-state index contributed by atoms with van der Waals surface area (Å²) in [6.07, 6.45) is 4.73. The molecule has 0 radical (unpaired) electrons. The zero-order valence-corrected chi connectivity index (χ0v) is 9.25. The standard InChI is InChI=1S/C8H14BrN.ClH/c1-2-5-10-6-3-8(9)4-7-10;/h3H,2,4-7H2,1H3;1H. The first-order chi connectivity index (χ1) is 4.83. The smallest absolute Gasteiger partial charge is 0.0174 e. The van der Waals surface area contributed by atoms with Gasteiger partial charge in [-0.15, -0.1) is 12.4 Å². The molecule has 0 aromatic carbocycles. The summed E-state index contributed by atoms with van der Waals surface area (Å²) in [5.41, 5.74) is 0. The number of halogens is 2. The second-order valence-corrected chi connectivity index (χ2v) is 3.72. The lowest BCUT2D eigenvalue weighted by Gasteiger charge is -2.23. The van der Waals surface area contributed by atoms with Crippen LogP contribution in [0.5, 0.6) is 0 Å². The van der Waals surface area contributed by atoms with Crippen LogP contribution in [-0.2, 0) is 0 Å². The molecule has 1 aliphatic heterocycles. The second-order valence-electron chi connectivity index (χ2n) is 2.70. The van der Waals surface area contributed by atoms with E-state index in [9.17, 15) is 0 Å². The van der Waals surface area contributed by atoms with Crippen LogP contribution in [0.4, 0.5) is 0 Å². The molecule has 0 saturated heterocycles. The maximum absolute atomic E-state index is 3.50. The summed E-state index contributed by atoms with van der Waals surface area (Å²) in [5, 5.41) is 0. The monoisotopic (exact) mass is 239 g/mol. The molecule has 66 valence electrons. The van der Waals surface area contributed by atoms with Gasteiger partial charge in [0, 0.05) is 13.1 Å². The SMILES string of the molecule is CCCN1CC=C(Br)CC1.Cl. The van der Waals surface area contributed by atoms with E-state index in [4.69, 9.17) is 0 Å². The van der Waals surface area contributed by atoms with Crippen molar-refractivity contribution in [2.45, 2.75) is 19.8 Å². The van der Waals surface area contributed by atoms with E-state index < -0.39 is 0 Å². The van der Waals surface area contributed by atoms with Gasteiger partial charge in [-0.25, -0.2) is 0 Å². The van der Waals surface area contributed by atoms with Gasteiger partial charge in [-0.3, -0.25) is 4.90 Å². The van der Waals surface area contributed by atoms with Crippen molar-refractivity contribution in [3.8, 4) is 0 Å². The summed E-state index contributed by atoms with van der Waals surface area (Å²) in [6, 6.07) is 0. The van der Waals surface area contributed by atoms with Crippen molar-refractivity contribution in [3.05, 3.63) is 10.6 Å². The van der Waals surface area contributed by atoms with E-state index in [0.717, 1.165) is 6.54 Å². The van der Waals surface area contributed by atoms with Crippen LogP contribution in [0.3, 0.4) is 0 Å². The highest BCUT2D eigenvalue weighted by Gasteiger charge is 2.07. The van der Waals surface area contributed by atoms with Gasteiger partial charge >= 0.3 is 0 Å². The van der Waals surface area contributed by atoms with Crippen molar-refractivity contribution >= 4 is 28.3 Å². The van der Waals surface area contributed by atoms with Crippen LogP contribution in [0.15, 0.2) is 10.6 Å². The van der Waals surface area contributed by atoms with Crippen LogP contribution in [-0.4, -0.2) is 24.5 Å². The molecule has 0 atom stereocenters. The molecule has 0 unspecified atom stereocenters. The highest BCUT2D eigenvalue weighted by Crippen LogP contribution is 2.15. The zero-order chi connectivity index (χ0) is 7.40. The lowest BCUT2D eigenvalue weighted by atomic mass is 10.2. The fourth-order valence-electron chi connectivity index (χ4n) is 1.21. The molecule has 0 spiro atoms. The molecule has 0 aromatic heterocycles. The summed E-state index contributed by atoms with van der Waals surface area (Å²) in [4.78, 5) is 2.48. The Morgan fingerprint density at radius 2 is 2.36 bits per heavy atom. The topological polar surface area (TPSA) is 3.24 Å². The Hall–Kier alpha value is 0.470. The van der Waals surface area contributed by atoms with E-state index in [1.807, 2.05) is 0 Å². The number of rotatable bonds is 2. The Morgan fingerprint density at radius 1 is 1.64 bits per heavy atom. The third kappa shape index (κ3) is 4.14. The van der Waals surface area contributed by atoms with E-state index in [2.05, 4.69) is 33.8 Å². The number of hydrogen-bond acceptors (Lipinski definition) is 1. The molecule has 1 heterocycles. The summed E-state index contributed by atoms with van der Waals surface area (Å²) >= 11 is 3.50. The Bertz CT molecular complexity index is 136. The van der Waals surface area contributed by atoms with Gasteiger partial charge in [0.1, 0.15) is 0 Å². The Labute approximate surface area is 83.4 Å². The molecule has 0 saturated carbocycles. The van der Waals surface area contributed by atoms with Crippen LogP contribution in [0.2, 0.25) is 0 Å². The predicted octanol–water partition coefficient (Wildman–Crippen LogP) is 2.80. The van der Waals surface area contributed by atoms with Gasteiger partial charge in [-0.2, -0.15) is 0 Å². The van der Waals surface area contributed by atoms with E-state index >= 15 is 0 Å². The minimum Gasteiger partial charge on any atom is -0.299 e. The normalized spacial score (nSPS) is 18.9. The van der Waals surface area contributed by atoms with E-state index in [0.29, 0.717) is 0 Å². The predicted molar refractivity (Wildman–Crippen MR) is 55.6 cm³/mol. The minimum atomic E-state index is 0. The molecule has 1 rings (SSSR count). The maximum Gasteiger partial charge on any atom is 0.0174 e. The molecule has 0 N–H and O–H groups in total. The van der Waals surface area contributed by atoms with Crippen molar-refractivity contribution in [3.63, 3.8) is 0 Å². The van der Waals surface area contributed by atoms with Crippen LogP contribution in [0.25, 0.3) is 0 Å². The highest BCUT2D eigenvalue weighted by atomic mass is 79.9. The molecule has 0 aliphatic carbocycles. The minimum absolute atomic E-state index is 0. The van der Waals surface area contributed by atoms with Gasteiger partial charge in [-0.1, -0.05) is 28.9 Å². The third-order valence-corrected chi connectivity index (χ3v) is 2.50. The van der Waals surface area contributed by atoms with Crippen molar-refractivity contribution < 1.29 is 0 Å². The average Bonchev–Trinajstić information content (AvgIpc) is 1.95. The molecular formula is C8H15BrClN. The largest absolute Gasteiger partial charge is 0.299 e. The molecule has 0 amide bonds. The Kier molecular flexibility index (Phi) is 6.30. The van der Waals surface area contributed by atoms with Gasteiger partial charge in [-0.05, 0) is 23.9 Å². The van der Waals surface area contributed by atoms with Crippen molar-refractivity contribution in [1.82, 2.24) is 4.90 Å². The molecule has 1 aliphatic rings. The lowest BCUT2D eigenvalue weighted by Crippen LogP contribution is -2.28. The van der Waals surface area contributed by atoms with E-state index in [1.165, 1.54) is 30.4 Å². The van der Waals surface area contributed by atoms with Gasteiger partial charge in [0.25, 0.3) is 0 Å². The molecule has 3 heteroatoms. The van der Waals surface area contributed by atoms with Gasteiger partial charge in [0.15, 0.2) is 0 Å². The van der Waals surface area contributed by atoms with Crippen LogP contribution < -0.4 is 0 Å². The van der Waals surface area contributed by atoms with E-state index in [-0.39, 0.29) is 12.4 Å². The van der Waals surface area contributed by atoms with E-state index in [1.54, 1.807) is 0 Å². The first-order valence-electron chi connectivity index (χ1n) is 3.90. The second kappa shape index (κ2) is 6.04. The number of nitrogens with zero attached hydrogens (tertiary/aromatic N) is 1.